The summed E-state index contributed by atoms with van der Waals surface area (Å²) in [7, 11) is -4.14. The van der Waals surface area contributed by atoms with Crippen LogP contribution in [0.4, 0.5) is 17.9 Å². The van der Waals surface area contributed by atoms with Gasteiger partial charge >= 0.3 is 0 Å². The van der Waals surface area contributed by atoms with Crippen molar-refractivity contribution in [2.75, 3.05) is 5.75 Å². The number of rotatable bonds is 6. The van der Waals surface area contributed by atoms with Gasteiger partial charge in [-0.05, 0) is 6.42 Å². The molecule has 88 valence electrons. The lowest BCUT2D eigenvalue weighted by molar-refractivity contribution is -0.0632. The van der Waals surface area contributed by atoms with Crippen molar-refractivity contribution in [3.63, 3.8) is 0 Å². The van der Waals surface area contributed by atoms with Crippen LogP contribution in [0, 0.1) is 0 Å². The van der Waals surface area contributed by atoms with Gasteiger partial charge in [-0.1, -0.05) is 13.3 Å². The fourth-order valence-corrected chi connectivity index (χ4v) is 1.65. The van der Waals surface area contributed by atoms with E-state index in [1.54, 1.807) is 6.92 Å². The van der Waals surface area contributed by atoms with Crippen molar-refractivity contribution in [1.29, 1.82) is 0 Å². The third-order valence-corrected chi connectivity index (χ3v) is 2.45. The first kappa shape index (κ1) is 16.1. The molecule has 0 aliphatic carbocycles. The van der Waals surface area contributed by atoms with Gasteiger partial charge in [-0.15, -0.1) is 0 Å². The maximum Gasteiger partial charge on any atom is 0.294 e. The SMILES string of the molecule is CCCCS(=O)(=O)OC(F)C(F)F.F. The van der Waals surface area contributed by atoms with Crippen LogP contribution in [0.3, 0.4) is 0 Å². The molecule has 0 radical (unpaired) electrons. The molecule has 0 aromatic heterocycles. The molecule has 0 aromatic carbocycles. The van der Waals surface area contributed by atoms with Crippen LogP contribution in [0.25, 0.3) is 0 Å². The normalized spacial score (nSPS) is 13.8. The zero-order valence-electron chi connectivity index (χ0n) is 7.45. The first-order valence-corrected chi connectivity index (χ1v) is 5.30. The van der Waals surface area contributed by atoms with Crippen molar-refractivity contribution in [2.45, 2.75) is 32.5 Å². The Morgan fingerprint density at radius 3 is 2.14 bits per heavy atom. The van der Waals surface area contributed by atoms with Gasteiger partial charge in [0.1, 0.15) is 0 Å². The maximum absolute atomic E-state index is 12.1. The Hall–Kier alpha value is -0.370. The molecule has 0 heterocycles. The van der Waals surface area contributed by atoms with Crippen molar-refractivity contribution in [3.8, 4) is 0 Å². The molecular weight excluding hydrogens is 228 g/mol. The third-order valence-electron chi connectivity index (χ3n) is 1.18. The molecule has 0 spiro atoms. The van der Waals surface area contributed by atoms with E-state index in [0.717, 1.165) is 0 Å². The molecule has 0 saturated carbocycles. The summed E-state index contributed by atoms with van der Waals surface area (Å²) in [6, 6.07) is 0. The van der Waals surface area contributed by atoms with E-state index in [9.17, 15) is 21.6 Å². The van der Waals surface area contributed by atoms with E-state index in [2.05, 4.69) is 4.18 Å². The minimum absolute atomic E-state index is 0. The summed E-state index contributed by atoms with van der Waals surface area (Å²) < 4.78 is 60.1. The Kier molecular flexibility index (Phi) is 8.03. The van der Waals surface area contributed by atoms with Crippen LogP contribution in [0.1, 0.15) is 19.8 Å². The molecule has 0 aliphatic heterocycles. The van der Waals surface area contributed by atoms with Gasteiger partial charge < -0.3 is 0 Å². The Morgan fingerprint density at radius 2 is 1.79 bits per heavy atom. The molecular formula is C6H12F4O3S. The molecule has 0 fully saturated rings. The number of halogens is 4. The topological polar surface area (TPSA) is 43.4 Å². The smallest absolute Gasteiger partial charge is 0.269 e. The van der Waals surface area contributed by atoms with Crippen LogP contribution in [-0.2, 0) is 14.3 Å². The zero-order chi connectivity index (χ0) is 10.5. The summed E-state index contributed by atoms with van der Waals surface area (Å²) in [6.45, 7) is 1.72. The highest BCUT2D eigenvalue weighted by molar-refractivity contribution is 7.86. The van der Waals surface area contributed by atoms with Gasteiger partial charge in [-0.2, -0.15) is 8.42 Å². The summed E-state index contributed by atoms with van der Waals surface area (Å²) in [6.07, 6.45) is -5.66. The monoisotopic (exact) mass is 240 g/mol. The van der Waals surface area contributed by atoms with E-state index in [1.807, 2.05) is 0 Å². The van der Waals surface area contributed by atoms with E-state index in [-0.39, 0.29) is 11.1 Å². The fourth-order valence-electron chi connectivity index (χ4n) is 0.551. The highest BCUT2D eigenvalue weighted by Crippen LogP contribution is 2.11. The second-order valence-corrected chi connectivity index (χ2v) is 4.11. The highest BCUT2D eigenvalue weighted by Gasteiger charge is 2.26. The van der Waals surface area contributed by atoms with Gasteiger partial charge in [-0.25, -0.2) is 17.4 Å². The van der Waals surface area contributed by atoms with Gasteiger partial charge in [0.05, 0.1) is 5.75 Å². The Labute approximate surface area is 79.7 Å². The first-order chi connectivity index (χ1) is 5.89. The molecule has 0 saturated heterocycles. The molecule has 0 rings (SSSR count). The van der Waals surface area contributed by atoms with Crippen LogP contribution in [0.2, 0.25) is 0 Å². The summed E-state index contributed by atoms with van der Waals surface area (Å²) in [4.78, 5) is 0. The quantitative estimate of drug-likeness (QED) is 0.525. The van der Waals surface area contributed by atoms with Crippen LogP contribution < -0.4 is 0 Å². The van der Waals surface area contributed by atoms with E-state index >= 15 is 0 Å². The minimum Gasteiger partial charge on any atom is -0.269 e. The zero-order valence-corrected chi connectivity index (χ0v) is 8.27. The molecule has 0 bridgehead atoms. The number of alkyl halides is 3. The van der Waals surface area contributed by atoms with Crippen molar-refractivity contribution < 1.29 is 30.5 Å². The lowest BCUT2D eigenvalue weighted by Gasteiger charge is -2.08. The van der Waals surface area contributed by atoms with E-state index in [4.69, 9.17) is 0 Å². The molecule has 1 unspecified atom stereocenters. The van der Waals surface area contributed by atoms with Crippen molar-refractivity contribution >= 4 is 10.1 Å². The minimum atomic E-state index is -4.14. The van der Waals surface area contributed by atoms with E-state index < -0.39 is 28.7 Å². The van der Waals surface area contributed by atoms with Crippen molar-refractivity contribution in [2.24, 2.45) is 0 Å². The van der Waals surface area contributed by atoms with E-state index in [1.165, 1.54) is 0 Å². The van der Waals surface area contributed by atoms with Gasteiger partial charge in [0.2, 0.25) is 0 Å². The maximum atomic E-state index is 12.1. The number of hydrogen-bond donors (Lipinski definition) is 0. The van der Waals surface area contributed by atoms with Gasteiger partial charge in [-0.3, -0.25) is 4.70 Å². The largest absolute Gasteiger partial charge is 0.294 e. The van der Waals surface area contributed by atoms with Crippen LogP contribution in [-0.4, -0.2) is 27.0 Å². The lowest BCUT2D eigenvalue weighted by atomic mass is 10.4. The molecule has 0 aromatic rings. The highest BCUT2D eigenvalue weighted by atomic mass is 32.2. The lowest BCUT2D eigenvalue weighted by Crippen LogP contribution is -2.22. The summed E-state index contributed by atoms with van der Waals surface area (Å²) in [5, 5.41) is 0. The van der Waals surface area contributed by atoms with Gasteiger partial charge in [0.25, 0.3) is 22.9 Å². The molecule has 14 heavy (non-hydrogen) atoms. The molecule has 0 aliphatic rings. The Morgan fingerprint density at radius 1 is 1.29 bits per heavy atom. The molecule has 0 amide bonds. The number of hydrogen-bond acceptors (Lipinski definition) is 3. The van der Waals surface area contributed by atoms with Crippen LogP contribution in [0.15, 0.2) is 0 Å². The molecule has 0 N–H and O–H groups in total. The first-order valence-electron chi connectivity index (χ1n) is 3.72. The second kappa shape index (κ2) is 6.99. The van der Waals surface area contributed by atoms with Crippen LogP contribution in [0.5, 0.6) is 0 Å². The summed E-state index contributed by atoms with van der Waals surface area (Å²) in [5.41, 5.74) is 0. The van der Waals surface area contributed by atoms with Crippen molar-refractivity contribution in [3.05, 3.63) is 0 Å². The fraction of sp³-hybridized carbons (Fsp3) is 1.00. The summed E-state index contributed by atoms with van der Waals surface area (Å²) in [5.74, 6) is -0.434. The predicted molar refractivity (Wildman–Crippen MR) is 43.2 cm³/mol. The second-order valence-electron chi connectivity index (χ2n) is 2.40. The Bertz CT molecular complexity index is 229. The summed E-state index contributed by atoms with van der Waals surface area (Å²) >= 11 is 0. The van der Waals surface area contributed by atoms with Crippen molar-refractivity contribution in [1.82, 2.24) is 0 Å². The average molecular weight is 240 g/mol. The van der Waals surface area contributed by atoms with Crippen LogP contribution >= 0.6 is 0 Å². The Balaban J connectivity index is 0. The average Bonchev–Trinajstić information content (AvgIpc) is 2.00. The predicted octanol–water partition coefficient (Wildman–Crippen LogP) is 1.85. The molecule has 3 nitrogen and oxygen atoms in total. The van der Waals surface area contributed by atoms with E-state index in [0.29, 0.717) is 6.42 Å². The standard InChI is InChI=1S/C6H11F3O3S.FH/c1-2-3-4-13(10,11)12-6(9)5(7)8;/h5-6H,2-4H2,1H3;1H. The van der Waals surface area contributed by atoms with Gasteiger partial charge in [0.15, 0.2) is 0 Å². The molecule has 8 heteroatoms. The third kappa shape index (κ3) is 7.07. The van der Waals surface area contributed by atoms with Gasteiger partial charge in [0, 0.05) is 0 Å². The number of unbranched alkanes of at least 4 members (excludes halogenated alkanes) is 1. The molecule has 1 atom stereocenters.